The summed E-state index contributed by atoms with van der Waals surface area (Å²) in [5, 5.41) is 0. The first-order chi connectivity index (χ1) is 9.00. The van der Waals surface area contributed by atoms with Gasteiger partial charge in [0.2, 0.25) is 0 Å². The summed E-state index contributed by atoms with van der Waals surface area (Å²) >= 11 is 0. The Kier molecular flexibility index (Phi) is 3.64. The first-order valence-corrected chi connectivity index (χ1v) is 6.73. The topological polar surface area (TPSA) is 74.7 Å². The van der Waals surface area contributed by atoms with Crippen molar-refractivity contribution in [2.24, 2.45) is 0 Å². The molecule has 19 heavy (non-hydrogen) atoms. The number of carbonyl (C=O) groups is 1. The molecule has 0 fully saturated rings. The standard InChI is InChI=1S/C13H10NO4S/c15-13(11-7-3-1-4-8-11)14(19(16,17)18)12-9-5-2-6-10-12/h1,3-10H,(H,16,17,18). The van der Waals surface area contributed by atoms with Crippen molar-refractivity contribution in [3.8, 4) is 0 Å². The lowest BCUT2D eigenvalue weighted by atomic mass is 10.2. The lowest BCUT2D eigenvalue weighted by molar-refractivity contribution is 0.100. The molecule has 97 valence electrons. The zero-order chi connectivity index (χ0) is 13.9. The summed E-state index contributed by atoms with van der Waals surface area (Å²) in [6.07, 6.45) is 0. The second kappa shape index (κ2) is 5.21. The van der Waals surface area contributed by atoms with Crippen LogP contribution in [0.3, 0.4) is 0 Å². The first kappa shape index (κ1) is 13.3. The number of anilines is 1. The summed E-state index contributed by atoms with van der Waals surface area (Å²) in [6, 6.07) is 16.2. The third-order valence-corrected chi connectivity index (χ3v) is 3.21. The van der Waals surface area contributed by atoms with Gasteiger partial charge in [-0.15, -0.1) is 0 Å². The maximum atomic E-state index is 12.2. The Bertz CT molecular complexity index is 668. The molecule has 2 aromatic carbocycles. The number of hydrogen-bond acceptors (Lipinski definition) is 3. The van der Waals surface area contributed by atoms with Crippen molar-refractivity contribution in [3.05, 3.63) is 66.2 Å². The molecule has 0 spiro atoms. The molecule has 1 radical (unpaired) electrons. The van der Waals surface area contributed by atoms with Crippen molar-refractivity contribution in [1.29, 1.82) is 0 Å². The van der Waals surface area contributed by atoms with Gasteiger partial charge in [-0.3, -0.25) is 9.35 Å². The first-order valence-electron chi connectivity index (χ1n) is 5.33. The van der Waals surface area contributed by atoms with E-state index in [1.54, 1.807) is 18.2 Å². The third kappa shape index (κ3) is 2.98. The van der Waals surface area contributed by atoms with Gasteiger partial charge in [0.05, 0.1) is 5.69 Å². The van der Waals surface area contributed by atoms with Gasteiger partial charge in [-0.2, -0.15) is 12.7 Å². The zero-order valence-electron chi connectivity index (χ0n) is 9.72. The van der Waals surface area contributed by atoms with Crippen molar-refractivity contribution >= 4 is 21.9 Å². The second-order valence-corrected chi connectivity index (χ2v) is 4.93. The highest BCUT2D eigenvalue weighted by atomic mass is 32.2. The predicted molar refractivity (Wildman–Crippen MR) is 70.1 cm³/mol. The molecule has 0 aliphatic rings. The van der Waals surface area contributed by atoms with Gasteiger partial charge in [-0.05, 0) is 30.3 Å². The molecule has 0 heterocycles. The lowest BCUT2D eigenvalue weighted by Crippen LogP contribution is -2.36. The smallest absolute Gasteiger partial charge is 0.269 e. The van der Waals surface area contributed by atoms with E-state index in [0.29, 0.717) is 4.31 Å². The molecule has 0 atom stereocenters. The molecule has 0 saturated heterocycles. The molecule has 1 N–H and O–H groups in total. The Morgan fingerprint density at radius 2 is 1.63 bits per heavy atom. The minimum Gasteiger partial charge on any atom is -0.269 e. The van der Waals surface area contributed by atoms with E-state index in [1.165, 1.54) is 36.4 Å². The second-order valence-electron chi connectivity index (χ2n) is 3.67. The highest BCUT2D eigenvalue weighted by molar-refractivity contribution is 7.88. The van der Waals surface area contributed by atoms with Crippen LogP contribution in [-0.2, 0) is 10.3 Å². The summed E-state index contributed by atoms with van der Waals surface area (Å²) in [5.74, 6) is -0.825. The molecule has 5 nitrogen and oxygen atoms in total. The van der Waals surface area contributed by atoms with Gasteiger partial charge in [0.1, 0.15) is 0 Å². The van der Waals surface area contributed by atoms with Crippen molar-refractivity contribution in [2.75, 3.05) is 4.31 Å². The van der Waals surface area contributed by atoms with E-state index in [4.69, 9.17) is 0 Å². The Labute approximate surface area is 111 Å². The van der Waals surface area contributed by atoms with Crippen LogP contribution < -0.4 is 4.31 Å². The normalized spacial score (nSPS) is 11.0. The zero-order valence-corrected chi connectivity index (χ0v) is 10.5. The van der Waals surface area contributed by atoms with Gasteiger partial charge in [-0.1, -0.05) is 30.3 Å². The fourth-order valence-corrected chi connectivity index (χ4v) is 2.27. The van der Waals surface area contributed by atoms with Crippen molar-refractivity contribution < 1.29 is 17.8 Å². The molecule has 0 aliphatic heterocycles. The summed E-state index contributed by atoms with van der Waals surface area (Å²) in [7, 11) is -4.70. The largest absolute Gasteiger partial charge is 0.366 e. The molecule has 0 bridgehead atoms. The lowest BCUT2D eigenvalue weighted by Gasteiger charge is -2.18. The van der Waals surface area contributed by atoms with Crippen LogP contribution in [0.4, 0.5) is 5.69 Å². The fourth-order valence-electron chi connectivity index (χ4n) is 1.57. The van der Waals surface area contributed by atoms with E-state index in [2.05, 4.69) is 6.07 Å². The van der Waals surface area contributed by atoms with Crippen molar-refractivity contribution in [1.82, 2.24) is 0 Å². The van der Waals surface area contributed by atoms with Gasteiger partial charge < -0.3 is 0 Å². The number of benzene rings is 2. The van der Waals surface area contributed by atoms with E-state index in [9.17, 15) is 17.8 Å². The predicted octanol–water partition coefficient (Wildman–Crippen LogP) is 1.94. The summed E-state index contributed by atoms with van der Waals surface area (Å²) < 4.78 is 32.4. The summed E-state index contributed by atoms with van der Waals surface area (Å²) in [6.45, 7) is 0. The van der Waals surface area contributed by atoms with Gasteiger partial charge in [0.25, 0.3) is 5.91 Å². The maximum Gasteiger partial charge on any atom is 0.366 e. The molecule has 2 rings (SSSR count). The Morgan fingerprint density at radius 1 is 1.05 bits per heavy atom. The van der Waals surface area contributed by atoms with Crippen LogP contribution in [0.5, 0.6) is 0 Å². The third-order valence-electron chi connectivity index (χ3n) is 2.37. The number of amides is 1. The molecule has 0 unspecified atom stereocenters. The number of carbonyl (C=O) groups excluding carboxylic acids is 1. The number of hydrogen-bond donors (Lipinski definition) is 1. The minimum absolute atomic E-state index is 0.0510. The van der Waals surface area contributed by atoms with Gasteiger partial charge in [0.15, 0.2) is 0 Å². The van der Waals surface area contributed by atoms with Crippen LogP contribution in [0.1, 0.15) is 10.4 Å². The van der Waals surface area contributed by atoms with Crippen LogP contribution in [0.2, 0.25) is 0 Å². The van der Waals surface area contributed by atoms with Crippen molar-refractivity contribution in [3.63, 3.8) is 0 Å². The minimum atomic E-state index is -4.70. The van der Waals surface area contributed by atoms with Gasteiger partial charge in [-0.25, -0.2) is 0 Å². The Balaban J connectivity index is 2.50. The monoisotopic (exact) mass is 276 g/mol. The molecule has 0 aromatic heterocycles. The Morgan fingerprint density at radius 3 is 2.16 bits per heavy atom. The summed E-state index contributed by atoms with van der Waals surface area (Å²) in [4.78, 5) is 12.2. The molecule has 2 aromatic rings. The summed E-state index contributed by atoms with van der Waals surface area (Å²) in [5.41, 5.74) is 0.211. The van der Waals surface area contributed by atoms with E-state index in [1.807, 2.05) is 0 Å². The molecular formula is C13H10NO4S. The molecular weight excluding hydrogens is 266 g/mol. The van der Waals surface area contributed by atoms with Crippen LogP contribution in [0.15, 0.2) is 54.6 Å². The highest BCUT2D eigenvalue weighted by Crippen LogP contribution is 2.19. The molecule has 1 amide bonds. The van der Waals surface area contributed by atoms with Crippen LogP contribution in [0.25, 0.3) is 0 Å². The van der Waals surface area contributed by atoms with Crippen LogP contribution >= 0.6 is 0 Å². The number of rotatable bonds is 3. The Hall–Kier alpha value is -2.18. The quantitative estimate of drug-likeness (QED) is 0.869. The maximum absolute atomic E-state index is 12.2. The average molecular weight is 276 g/mol. The number of nitrogens with zero attached hydrogens (tertiary/aromatic N) is 1. The van der Waals surface area contributed by atoms with Crippen LogP contribution in [-0.4, -0.2) is 18.9 Å². The average Bonchev–Trinajstić information content (AvgIpc) is 2.39. The van der Waals surface area contributed by atoms with E-state index >= 15 is 0 Å². The van der Waals surface area contributed by atoms with Crippen molar-refractivity contribution in [2.45, 2.75) is 0 Å². The van der Waals surface area contributed by atoms with Gasteiger partial charge >= 0.3 is 10.3 Å². The fraction of sp³-hybridized carbons (Fsp3) is 0. The highest BCUT2D eigenvalue weighted by Gasteiger charge is 2.28. The van der Waals surface area contributed by atoms with E-state index in [0.717, 1.165) is 0 Å². The van der Waals surface area contributed by atoms with Crippen LogP contribution in [0, 0.1) is 6.07 Å². The molecule has 0 aliphatic carbocycles. The molecule has 6 heteroatoms. The SMILES string of the molecule is O=C(c1ccccc1)N(c1cc[c]cc1)S(=O)(=O)O. The molecule has 0 saturated carbocycles. The van der Waals surface area contributed by atoms with E-state index < -0.39 is 16.2 Å². The van der Waals surface area contributed by atoms with Gasteiger partial charge in [0, 0.05) is 5.56 Å². The van der Waals surface area contributed by atoms with E-state index in [-0.39, 0.29) is 11.3 Å².